The van der Waals surface area contributed by atoms with Crippen molar-refractivity contribution in [2.24, 2.45) is 0 Å². The third kappa shape index (κ3) is 3.48. The number of hydrogen-bond donors (Lipinski definition) is 0. The highest BCUT2D eigenvalue weighted by molar-refractivity contribution is 7.07. The second-order valence-electron chi connectivity index (χ2n) is 5.22. The highest BCUT2D eigenvalue weighted by Crippen LogP contribution is 2.12. The van der Waals surface area contributed by atoms with Crippen LogP contribution in [0.25, 0.3) is 0 Å². The smallest absolute Gasteiger partial charge is 0.276 e. The van der Waals surface area contributed by atoms with Crippen LogP contribution in [0.2, 0.25) is 0 Å². The lowest BCUT2D eigenvalue weighted by Gasteiger charge is -2.20. The zero-order valence-corrected chi connectivity index (χ0v) is 12.8. The Morgan fingerprint density at radius 1 is 1.38 bits per heavy atom. The molecule has 2 aromatic rings. The maximum absolute atomic E-state index is 12.4. The van der Waals surface area contributed by atoms with Gasteiger partial charge < -0.3 is 9.42 Å². The van der Waals surface area contributed by atoms with Gasteiger partial charge in [-0.2, -0.15) is 0 Å². The lowest BCUT2D eigenvalue weighted by Crippen LogP contribution is -2.35. The first-order chi connectivity index (χ1) is 10.2. The van der Waals surface area contributed by atoms with Crippen LogP contribution in [0.4, 0.5) is 0 Å². The molecule has 0 saturated carbocycles. The number of rotatable bonds is 3. The van der Waals surface area contributed by atoms with E-state index < -0.39 is 0 Å². The Hall–Kier alpha value is -1.73. The van der Waals surface area contributed by atoms with Crippen LogP contribution in [0.1, 0.15) is 28.4 Å². The molecule has 6 nitrogen and oxygen atoms in total. The zero-order valence-electron chi connectivity index (χ0n) is 12.0. The van der Waals surface area contributed by atoms with Crippen LogP contribution in [0, 0.1) is 6.92 Å². The van der Waals surface area contributed by atoms with E-state index in [0.29, 0.717) is 11.5 Å². The molecule has 0 bridgehead atoms. The normalized spacial score (nSPS) is 16.9. The van der Waals surface area contributed by atoms with Gasteiger partial charge in [0.1, 0.15) is 5.76 Å². The Balaban J connectivity index is 1.59. The van der Waals surface area contributed by atoms with Crippen LogP contribution in [0.15, 0.2) is 21.5 Å². The summed E-state index contributed by atoms with van der Waals surface area (Å²) in [6.45, 7) is 5.98. The van der Waals surface area contributed by atoms with Crippen molar-refractivity contribution in [1.82, 2.24) is 19.9 Å². The van der Waals surface area contributed by atoms with Crippen LogP contribution in [0.3, 0.4) is 0 Å². The summed E-state index contributed by atoms with van der Waals surface area (Å²) in [6.07, 6.45) is 0.965. The van der Waals surface area contributed by atoms with Crippen molar-refractivity contribution in [3.63, 3.8) is 0 Å². The molecule has 0 spiro atoms. The third-order valence-electron chi connectivity index (χ3n) is 3.59. The van der Waals surface area contributed by atoms with Crippen molar-refractivity contribution < 1.29 is 9.32 Å². The van der Waals surface area contributed by atoms with Gasteiger partial charge in [0.05, 0.1) is 11.2 Å². The largest absolute Gasteiger partial charge is 0.361 e. The number of carbonyl (C=O) groups is 1. The Morgan fingerprint density at radius 3 is 3.00 bits per heavy atom. The number of thiazole rings is 1. The van der Waals surface area contributed by atoms with Gasteiger partial charge in [0.25, 0.3) is 5.91 Å². The molecule has 1 aliphatic heterocycles. The number of hydrogen-bond acceptors (Lipinski definition) is 6. The van der Waals surface area contributed by atoms with Crippen LogP contribution < -0.4 is 0 Å². The molecule has 1 fully saturated rings. The van der Waals surface area contributed by atoms with E-state index in [2.05, 4.69) is 20.4 Å². The van der Waals surface area contributed by atoms with Crippen molar-refractivity contribution in [3.05, 3.63) is 34.1 Å². The Labute approximate surface area is 127 Å². The number of nitrogens with zero attached hydrogens (tertiary/aromatic N) is 4. The fourth-order valence-corrected chi connectivity index (χ4v) is 3.06. The lowest BCUT2D eigenvalue weighted by molar-refractivity contribution is 0.0750. The number of aromatic nitrogens is 2. The van der Waals surface area contributed by atoms with Crippen molar-refractivity contribution in [3.8, 4) is 0 Å². The molecule has 1 saturated heterocycles. The van der Waals surface area contributed by atoms with E-state index in [0.717, 1.165) is 44.8 Å². The first kappa shape index (κ1) is 14.2. The van der Waals surface area contributed by atoms with Gasteiger partial charge >= 0.3 is 0 Å². The van der Waals surface area contributed by atoms with E-state index in [-0.39, 0.29) is 5.91 Å². The fourth-order valence-electron chi connectivity index (χ4n) is 2.51. The summed E-state index contributed by atoms with van der Waals surface area (Å²) >= 11 is 1.62. The van der Waals surface area contributed by atoms with Crippen LogP contribution in [0.5, 0.6) is 0 Å². The molecule has 112 valence electrons. The molecular weight excluding hydrogens is 288 g/mol. The van der Waals surface area contributed by atoms with Crippen LogP contribution in [-0.2, 0) is 6.54 Å². The minimum absolute atomic E-state index is 0.0395. The van der Waals surface area contributed by atoms with Crippen molar-refractivity contribution in [2.75, 3.05) is 26.2 Å². The second-order valence-corrected chi connectivity index (χ2v) is 5.94. The van der Waals surface area contributed by atoms with Gasteiger partial charge in [-0.25, -0.2) is 4.98 Å². The summed E-state index contributed by atoms with van der Waals surface area (Å²) in [7, 11) is 0. The average molecular weight is 306 g/mol. The summed E-state index contributed by atoms with van der Waals surface area (Å²) < 4.78 is 4.98. The molecule has 21 heavy (non-hydrogen) atoms. The minimum atomic E-state index is -0.0395. The molecular formula is C14H18N4O2S. The first-order valence-electron chi connectivity index (χ1n) is 7.04. The monoisotopic (exact) mass is 306 g/mol. The lowest BCUT2D eigenvalue weighted by atomic mass is 10.3. The third-order valence-corrected chi connectivity index (χ3v) is 4.23. The molecule has 2 aromatic heterocycles. The number of carbonyl (C=O) groups excluding carboxylic acids is 1. The highest BCUT2D eigenvalue weighted by atomic mass is 32.1. The van der Waals surface area contributed by atoms with Gasteiger partial charge in [-0.1, -0.05) is 5.16 Å². The van der Waals surface area contributed by atoms with Gasteiger partial charge in [0, 0.05) is 44.2 Å². The van der Waals surface area contributed by atoms with E-state index in [4.69, 9.17) is 4.52 Å². The SMILES string of the molecule is Cc1cc(C(=O)N2CCCN(Cc3cscn3)CC2)no1. The molecule has 0 radical (unpaired) electrons. The summed E-state index contributed by atoms with van der Waals surface area (Å²) in [5.41, 5.74) is 3.36. The molecule has 0 atom stereocenters. The molecule has 0 aliphatic carbocycles. The van der Waals surface area contributed by atoms with Gasteiger partial charge in [-0.3, -0.25) is 9.69 Å². The highest BCUT2D eigenvalue weighted by Gasteiger charge is 2.22. The predicted octanol–water partition coefficient (Wildman–Crippen LogP) is 1.79. The minimum Gasteiger partial charge on any atom is -0.361 e. The molecule has 0 N–H and O–H groups in total. The van der Waals surface area contributed by atoms with Gasteiger partial charge in [-0.05, 0) is 13.3 Å². The Kier molecular flexibility index (Phi) is 4.31. The topological polar surface area (TPSA) is 62.5 Å². The molecule has 0 unspecified atom stereocenters. The molecule has 1 aliphatic rings. The van der Waals surface area contributed by atoms with Crippen molar-refractivity contribution >= 4 is 17.2 Å². The van der Waals surface area contributed by atoms with Crippen molar-refractivity contribution in [2.45, 2.75) is 19.9 Å². The predicted molar refractivity (Wildman–Crippen MR) is 79.2 cm³/mol. The number of amides is 1. The van der Waals surface area contributed by atoms with Gasteiger partial charge in [-0.15, -0.1) is 11.3 Å². The molecule has 3 heterocycles. The molecule has 1 amide bonds. The Morgan fingerprint density at radius 2 is 2.29 bits per heavy atom. The molecule has 7 heteroatoms. The van der Waals surface area contributed by atoms with E-state index in [1.807, 2.05) is 10.4 Å². The first-order valence-corrected chi connectivity index (χ1v) is 7.98. The summed E-state index contributed by atoms with van der Waals surface area (Å²) in [4.78, 5) is 20.9. The van der Waals surface area contributed by atoms with Crippen LogP contribution >= 0.6 is 11.3 Å². The maximum atomic E-state index is 12.4. The van der Waals surface area contributed by atoms with E-state index in [1.54, 1.807) is 24.3 Å². The van der Waals surface area contributed by atoms with Crippen molar-refractivity contribution in [1.29, 1.82) is 0 Å². The quantitative estimate of drug-likeness (QED) is 0.865. The average Bonchev–Trinajstić information content (AvgIpc) is 3.07. The summed E-state index contributed by atoms with van der Waals surface area (Å²) in [5, 5.41) is 5.89. The standard InChI is InChI=1S/C14H18N4O2S/c1-11-7-13(16-20-11)14(19)18-4-2-3-17(5-6-18)8-12-9-21-10-15-12/h7,9-10H,2-6,8H2,1H3. The summed E-state index contributed by atoms with van der Waals surface area (Å²) in [5.74, 6) is 0.626. The van der Waals surface area contributed by atoms with Crippen LogP contribution in [-0.4, -0.2) is 52.0 Å². The van der Waals surface area contributed by atoms with Gasteiger partial charge in [0.15, 0.2) is 5.69 Å². The zero-order chi connectivity index (χ0) is 14.7. The van der Waals surface area contributed by atoms with E-state index in [9.17, 15) is 4.79 Å². The van der Waals surface area contributed by atoms with E-state index in [1.165, 1.54) is 0 Å². The van der Waals surface area contributed by atoms with Gasteiger partial charge in [0.2, 0.25) is 0 Å². The molecule has 3 rings (SSSR count). The maximum Gasteiger partial charge on any atom is 0.276 e. The molecule has 0 aromatic carbocycles. The summed E-state index contributed by atoms with van der Waals surface area (Å²) in [6, 6.07) is 1.69. The van der Waals surface area contributed by atoms with E-state index >= 15 is 0 Å². The second kappa shape index (κ2) is 6.36. The Bertz CT molecular complexity index is 596. The number of aryl methyl sites for hydroxylation is 1. The fraction of sp³-hybridized carbons (Fsp3) is 0.500.